The number of nitrogens with one attached hydrogen (secondary N) is 1. The number of hydrogen-bond donors (Lipinski definition) is 1. The van der Waals surface area contributed by atoms with Crippen molar-refractivity contribution in [3.05, 3.63) is 53.7 Å². The molecule has 0 fully saturated rings. The number of benzene rings is 1. The summed E-state index contributed by atoms with van der Waals surface area (Å²) in [5.41, 5.74) is 2.49. The lowest BCUT2D eigenvalue weighted by Crippen LogP contribution is -2.32. The van der Waals surface area contributed by atoms with E-state index in [1.807, 2.05) is 13.0 Å². The summed E-state index contributed by atoms with van der Waals surface area (Å²) in [4.78, 5) is 0. The van der Waals surface area contributed by atoms with Crippen molar-refractivity contribution < 1.29 is 0 Å². The highest BCUT2D eigenvalue weighted by molar-refractivity contribution is 5.37. The SMILES string of the molecule is Cc1cnnc(NC(C)(C)CCc2ccccc2)c1. The Kier molecular flexibility index (Phi) is 4.15. The smallest absolute Gasteiger partial charge is 0.149 e. The molecule has 0 saturated heterocycles. The molecule has 0 amide bonds. The molecule has 0 aliphatic carbocycles. The van der Waals surface area contributed by atoms with Gasteiger partial charge in [0.15, 0.2) is 0 Å². The molecule has 1 N–H and O–H groups in total. The van der Waals surface area contributed by atoms with Crippen LogP contribution in [0.25, 0.3) is 0 Å². The van der Waals surface area contributed by atoms with E-state index >= 15 is 0 Å². The van der Waals surface area contributed by atoms with Crippen LogP contribution in [0.2, 0.25) is 0 Å². The van der Waals surface area contributed by atoms with Crippen LogP contribution in [0.4, 0.5) is 5.82 Å². The number of hydrogen-bond acceptors (Lipinski definition) is 3. The summed E-state index contributed by atoms with van der Waals surface area (Å²) < 4.78 is 0. The summed E-state index contributed by atoms with van der Waals surface area (Å²) in [5.74, 6) is 0.845. The summed E-state index contributed by atoms with van der Waals surface area (Å²) in [6.07, 6.45) is 3.87. The fourth-order valence-electron chi connectivity index (χ4n) is 2.04. The fourth-order valence-corrected chi connectivity index (χ4v) is 2.04. The van der Waals surface area contributed by atoms with Crippen LogP contribution in [0.5, 0.6) is 0 Å². The van der Waals surface area contributed by atoms with Crippen LogP contribution in [-0.4, -0.2) is 15.7 Å². The minimum atomic E-state index is -0.00167. The van der Waals surface area contributed by atoms with Crippen molar-refractivity contribution in [3.8, 4) is 0 Å². The van der Waals surface area contributed by atoms with Crippen LogP contribution in [0, 0.1) is 6.92 Å². The minimum absolute atomic E-state index is 0.00167. The van der Waals surface area contributed by atoms with Crippen molar-refractivity contribution in [1.82, 2.24) is 10.2 Å². The highest BCUT2D eigenvalue weighted by atomic mass is 15.2. The lowest BCUT2D eigenvalue weighted by Gasteiger charge is -2.26. The third-order valence-electron chi connectivity index (χ3n) is 3.14. The molecule has 2 rings (SSSR count). The Balaban J connectivity index is 1.95. The molecule has 0 aliphatic rings. The van der Waals surface area contributed by atoms with Gasteiger partial charge >= 0.3 is 0 Å². The molecule has 0 aliphatic heterocycles. The van der Waals surface area contributed by atoms with E-state index < -0.39 is 0 Å². The van der Waals surface area contributed by atoms with Gasteiger partial charge in [-0.3, -0.25) is 0 Å². The maximum absolute atomic E-state index is 4.12. The predicted octanol–water partition coefficient (Wildman–Crippen LogP) is 3.61. The number of nitrogens with zero attached hydrogens (tertiary/aromatic N) is 2. The molecule has 19 heavy (non-hydrogen) atoms. The average molecular weight is 255 g/mol. The van der Waals surface area contributed by atoms with Gasteiger partial charge in [0.05, 0.1) is 6.20 Å². The lowest BCUT2D eigenvalue weighted by atomic mass is 9.95. The van der Waals surface area contributed by atoms with Crippen molar-refractivity contribution in [2.45, 2.75) is 39.2 Å². The Morgan fingerprint density at radius 2 is 1.89 bits per heavy atom. The maximum atomic E-state index is 4.12. The molecule has 0 atom stereocenters. The van der Waals surface area contributed by atoms with E-state index in [9.17, 15) is 0 Å². The molecule has 3 nitrogen and oxygen atoms in total. The molecule has 0 bridgehead atoms. The van der Waals surface area contributed by atoms with Gasteiger partial charge in [-0.1, -0.05) is 30.3 Å². The second kappa shape index (κ2) is 5.83. The zero-order chi connectivity index (χ0) is 13.7. The Labute approximate surface area is 115 Å². The van der Waals surface area contributed by atoms with Gasteiger partial charge in [0.25, 0.3) is 0 Å². The van der Waals surface area contributed by atoms with E-state index in [1.54, 1.807) is 6.20 Å². The van der Waals surface area contributed by atoms with Crippen molar-refractivity contribution in [3.63, 3.8) is 0 Å². The molecule has 0 radical (unpaired) electrons. The van der Waals surface area contributed by atoms with Gasteiger partial charge in [-0.25, -0.2) is 0 Å². The normalized spacial score (nSPS) is 11.3. The topological polar surface area (TPSA) is 37.8 Å². The Bertz CT molecular complexity index is 521. The minimum Gasteiger partial charge on any atom is -0.364 e. The number of aryl methyl sites for hydroxylation is 2. The Hall–Kier alpha value is -1.90. The van der Waals surface area contributed by atoms with E-state index in [1.165, 1.54) is 5.56 Å². The van der Waals surface area contributed by atoms with E-state index in [-0.39, 0.29) is 5.54 Å². The molecule has 0 spiro atoms. The van der Waals surface area contributed by atoms with E-state index in [0.29, 0.717) is 0 Å². The van der Waals surface area contributed by atoms with Crippen LogP contribution in [0.15, 0.2) is 42.6 Å². The third kappa shape index (κ3) is 4.36. The fraction of sp³-hybridized carbons (Fsp3) is 0.375. The molecule has 3 heteroatoms. The van der Waals surface area contributed by atoms with Crippen molar-refractivity contribution in [2.24, 2.45) is 0 Å². The number of rotatable bonds is 5. The molecule has 0 saturated carbocycles. The molecule has 2 aromatic rings. The maximum Gasteiger partial charge on any atom is 0.149 e. The second-order valence-corrected chi connectivity index (χ2v) is 5.61. The largest absolute Gasteiger partial charge is 0.364 e. The van der Waals surface area contributed by atoms with Gasteiger partial charge in [0.2, 0.25) is 0 Å². The van der Waals surface area contributed by atoms with Gasteiger partial charge < -0.3 is 5.32 Å². The van der Waals surface area contributed by atoms with Crippen LogP contribution >= 0.6 is 0 Å². The second-order valence-electron chi connectivity index (χ2n) is 5.61. The quantitative estimate of drug-likeness (QED) is 0.887. The van der Waals surface area contributed by atoms with E-state index in [0.717, 1.165) is 24.2 Å². The van der Waals surface area contributed by atoms with Crippen molar-refractivity contribution in [2.75, 3.05) is 5.32 Å². The van der Waals surface area contributed by atoms with Gasteiger partial charge in [0.1, 0.15) is 5.82 Å². The van der Waals surface area contributed by atoms with Crippen LogP contribution in [0.1, 0.15) is 31.4 Å². The summed E-state index contributed by atoms with van der Waals surface area (Å²) >= 11 is 0. The highest BCUT2D eigenvalue weighted by Gasteiger charge is 2.18. The van der Waals surface area contributed by atoms with E-state index in [2.05, 4.69) is 59.7 Å². The Morgan fingerprint density at radius 1 is 1.16 bits per heavy atom. The standard InChI is InChI=1S/C16H21N3/c1-13-11-15(19-17-12-13)18-16(2,3)10-9-14-7-5-4-6-8-14/h4-8,11-12H,9-10H2,1-3H3,(H,18,19). The predicted molar refractivity (Wildman–Crippen MR) is 79.2 cm³/mol. The first-order valence-corrected chi connectivity index (χ1v) is 6.67. The molecule has 1 aromatic heterocycles. The third-order valence-corrected chi connectivity index (χ3v) is 3.14. The van der Waals surface area contributed by atoms with Crippen molar-refractivity contribution >= 4 is 5.82 Å². The lowest BCUT2D eigenvalue weighted by molar-refractivity contribution is 0.515. The zero-order valence-corrected chi connectivity index (χ0v) is 11.9. The molecular weight excluding hydrogens is 234 g/mol. The first kappa shape index (κ1) is 13.5. The number of aromatic nitrogens is 2. The zero-order valence-electron chi connectivity index (χ0n) is 11.9. The first-order valence-electron chi connectivity index (χ1n) is 6.67. The average Bonchev–Trinajstić information content (AvgIpc) is 2.37. The monoisotopic (exact) mass is 255 g/mol. The molecule has 100 valence electrons. The summed E-state index contributed by atoms with van der Waals surface area (Å²) in [7, 11) is 0. The van der Waals surface area contributed by atoms with E-state index in [4.69, 9.17) is 0 Å². The summed E-state index contributed by atoms with van der Waals surface area (Å²) in [6.45, 7) is 6.41. The van der Waals surface area contributed by atoms with Crippen molar-refractivity contribution in [1.29, 1.82) is 0 Å². The number of anilines is 1. The van der Waals surface area contributed by atoms with Gasteiger partial charge in [0, 0.05) is 5.54 Å². The highest BCUT2D eigenvalue weighted by Crippen LogP contribution is 2.19. The van der Waals surface area contributed by atoms with Gasteiger partial charge in [-0.2, -0.15) is 5.10 Å². The van der Waals surface area contributed by atoms with Crippen LogP contribution in [0.3, 0.4) is 0 Å². The molecule has 1 aromatic carbocycles. The van der Waals surface area contributed by atoms with Gasteiger partial charge in [-0.15, -0.1) is 5.10 Å². The summed E-state index contributed by atoms with van der Waals surface area (Å²) in [6, 6.07) is 12.6. The first-order chi connectivity index (χ1) is 9.05. The summed E-state index contributed by atoms with van der Waals surface area (Å²) in [5, 5.41) is 11.5. The van der Waals surface area contributed by atoms with Crippen LogP contribution < -0.4 is 5.32 Å². The molecular formula is C16H21N3. The molecule has 0 unspecified atom stereocenters. The Morgan fingerprint density at radius 3 is 2.58 bits per heavy atom. The molecule has 1 heterocycles. The van der Waals surface area contributed by atoms with Crippen LogP contribution in [-0.2, 0) is 6.42 Å². The van der Waals surface area contributed by atoms with Gasteiger partial charge in [-0.05, 0) is 50.8 Å².